The molecule has 0 saturated heterocycles. The molecule has 28 heavy (non-hydrogen) atoms. The maximum atomic E-state index is 11.6. The van der Waals surface area contributed by atoms with Gasteiger partial charge in [-0.3, -0.25) is 0 Å². The van der Waals surface area contributed by atoms with E-state index in [0.717, 1.165) is 17.3 Å². The van der Waals surface area contributed by atoms with Gasteiger partial charge in [0.25, 0.3) is 5.22 Å². The second-order valence-electron chi connectivity index (χ2n) is 5.67. The lowest BCUT2D eigenvalue weighted by atomic mass is 10.2. The van der Waals surface area contributed by atoms with Crippen LogP contribution in [-0.2, 0) is 17.8 Å². The predicted molar refractivity (Wildman–Crippen MR) is 105 cm³/mol. The minimum atomic E-state index is -1.34. The summed E-state index contributed by atoms with van der Waals surface area (Å²) in [5, 5.41) is 20.0. The molecular formula is C20H16ClN2O4S-. The molecule has 0 bridgehead atoms. The van der Waals surface area contributed by atoms with E-state index in [1.165, 1.54) is 6.08 Å². The first-order valence-electron chi connectivity index (χ1n) is 8.44. The van der Waals surface area contributed by atoms with E-state index in [9.17, 15) is 9.90 Å². The van der Waals surface area contributed by atoms with Gasteiger partial charge in [0, 0.05) is 21.9 Å². The summed E-state index contributed by atoms with van der Waals surface area (Å²) in [5.74, 6) is -0.364. The van der Waals surface area contributed by atoms with Gasteiger partial charge in [0.05, 0.1) is 5.97 Å². The Morgan fingerprint density at radius 3 is 2.64 bits per heavy atom. The number of thioether (sulfide) groups is 1. The number of nitrogens with zero attached hydrogens (tertiary/aromatic N) is 2. The molecule has 8 heteroatoms. The summed E-state index contributed by atoms with van der Waals surface area (Å²) in [4.78, 5) is 11.5. The van der Waals surface area contributed by atoms with Gasteiger partial charge in [0.2, 0.25) is 5.89 Å². The fourth-order valence-corrected chi connectivity index (χ4v) is 3.06. The number of halogens is 1. The average molecular weight is 416 g/mol. The van der Waals surface area contributed by atoms with Gasteiger partial charge in [-0.05, 0) is 41.6 Å². The summed E-state index contributed by atoms with van der Waals surface area (Å²) in [6.45, 7) is 2.19. The fourth-order valence-electron chi connectivity index (χ4n) is 2.26. The molecule has 3 rings (SSSR count). The lowest BCUT2D eigenvalue weighted by Gasteiger charge is -2.11. The van der Waals surface area contributed by atoms with Crippen LogP contribution in [0.2, 0.25) is 5.02 Å². The zero-order valence-electron chi connectivity index (χ0n) is 14.9. The molecule has 2 aromatic carbocycles. The normalized spacial score (nSPS) is 11.4. The van der Waals surface area contributed by atoms with Crippen LogP contribution < -0.4 is 9.84 Å². The van der Waals surface area contributed by atoms with Crippen molar-refractivity contribution in [2.24, 2.45) is 0 Å². The summed E-state index contributed by atoms with van der Waals surface area (Å²) in [7, 11) is 0. The third kappa shape index (κ3) is 5.37. The number of hydrogen-bond acceptors (Lipinski definition) is 7. The summed E-state index contributed by atoms with van der Waals surface area (Å²) in [6.07, 6.45) is 2.03. The van der Waals surface area contributed by atoms with Crippen molar-refractivity contribution in [3.05, 3.63) is 75.5 Å². The van der Waals surface area contributed by atoms with Gasteiger partial charge in [0.1, 0.15) is 12.4 Å². The Balaban J connectivity index is 1.80. The molecule has 0 fully saturated rings. The third-order valence-electron chi connectivity index (χ3n) is 3.66. The van der Waals surface area contributed by atoms with Crippen LogP contribution in [0.3, 0.4) is 0 Å². The number of para-hydroxylation sites is 1. The van der Waals surface area contributed by atoms with E-state index in [0.29, 0.717) is 35.3 Å². The summed E-state index contributed by atoms with van der Waals surface area (Å²) in [5.41, 5.74) is 1.54. The molecule has 0 aliphatic heterocycles. The Bertz CT molecular complexity index is 986. The molecular weight excluding hydrogens is 400 g/mol. The molecule has 6 nitrogen and oxygen atoms in total. The van der Waals surface area contributed by atoms with Crippen LogP contribution >= 0.6 is 23.4 Å². The van der Waals surface area contributed by atoms with Gasteiger partial charge >= 0.3 is 0 Å². The Kier molecular flexibility index (Phi) is 6.73. The summed E-state index contributed by atoms with van der Waals surface area (Å²) < 4.78 is 11.2. The zero-order valence-corrected chi connectivity index (χ0v) is 16.5. The zero-order chi connectivity index (χ0) is 19.9. The van der Waals surface area contributed by atoms with E-state index < -0.39 is 5.97 Å². The smallest absolute Gasteiger partial charge is 0.281 e. The first-order chi connectivity index (χ1) is 13.5. The topological polar surface area (TPSA) is 88.3 Å². The van der Waals surface area contributed by atoms with Crippen molar-refractivity contribution < 1.29 is 19.1 Å². The highest BCUT2D eigenvalue weighted by molar-refractivity contribution is 8.03. The molecule has 1 heterocycles. The number of carboxylic acid groups (broad SMARTS) is 1. The number of carbonyl (C=O) groups excluding carboxylic acids is 1. The Morgan fingerprint density at radius 1 is 1.21 bits per heavy atom. The monoisotopic (exact) mass is 415 g/mol. The molecule has 1 aromatic heterocycles. The van der Waals surface area contributed by atoms with E-state index in [1.54, 1.807) is 30.3 Å². The van der Waals surface area contributed by atoms with Crippen molar-refractivity contribution in [2.75, 3.05) is 0 Å². The Hall–Kier alpha value is -2.77. The molecule has 0 radical (unpaired) electrons. The minimum absolute atomic E-state index is 0.0613. The average Bonchev–Trinajstić information content (AvgIpc) is 3.15. The maximum absolute atomic E-state index is 11.6. The lowest BCUT2D eigenvalue weighted by molar-refractivity contribution is -0.298. The van der Waals surface area contributed by atoms with Gasteiger partial charge in [-0.25, -0.2) is 0 Å². The van der Waals surface area contributed by atoms with E-state index in [4.69, 9.17) is 20.8 Å². The number of aromatic nitrogens is 2. The standard InChI is InChI=1S/C20H17ClN2O4S/c1-2-18-22-23-20(27-18)28-17(19(24)25)11-14-5-3-4-6-16(14)26-12-13-7-9-15(21)10-8-13/h3-11H,2,12H2,1H3,(H,24,25)/p-1/b17-11+. The first kappa shape index (κ1) is 20.0. The number of aliphatic carboxylic acids is 1. The molecule has 0 saturated carbocycles. The molecule has 0 unspecified atom stereocenters. The molecule has 0 atom stereocenters. The lowest BCUT2D eigenvalue weighted by Crippen LogP contribution is -2.23. The minimum Gasteiger partial charge on any atom is -0.544 e. The van der Waals surface area contributed by atoms with Crippen molar-refractivity contribution >= 4 is 35.4 Å². The van der Waals surface area contributed by atoms with Crippen molar-refractivity contribution in [2.45, 2.75) is 25.2 Å². The van der Waals surface area contributed by atoms with Crippen LogP contribution in [0.1, 0.15) is 23.9 Å². The third-order valence-corrected chi connectivity index (χ3v) is 4.76. The quantitative estimate of drug-likeness (QED) is 0.409. The molecule has 3 aromatic rings. The van der Waals surface area contributed by atoms with Gasteiger partial charge in [0.15, 0.2) is 0 Å². The molecule has 144 valence electrons. The molecule has 0 aliphatic rings. The number of benzene rings is 2. The number of ether oxygens (including phenoxy) is 1. The first-order valence-corrected chi connectivity index (χ1v) is 9.64. The van der Waals surface area contributed by atoms with Crippen molar-refractivity contribution in [1.82, 2.24) is 10.2 Å². The molecule has 0 N–H and O–H groups in total. The van der Waals surface area contributed by atoms with Crippen LogP contribution in [0.5, 0.6) is 5.75 Å². The predicted octanol–water partition coefficient (Wildman–Crippen LogP) is 3.75. The van der Waals surface area contributed by atoms with Crippen LogP contribution in [0.25, 0.3) is 6.08 Å². The highest BCUT2D eigenvalue weighted by Crippen LogP contribution is 2.30. The molecule has 0 amide bonds. The Labute approximate surface area is 171 Å². The van der Waals surface area contributed by atoms with Crippen molar-refractivity contribution in [1.29, 1.82) is 0 Å². The van der Waals surface area contributed by atoms with Crippen molar-refractivity contribution in [3.8, 4) is 5.75 Å². The highest BCUT2D eigenvalue weighted by atomic mass is 35.5. The van der Waals surface area contributed by atoms with Crippen LogP contribution in [0, 0.1) is 0 Å². The van der Waals surface area contributed by atoms with E-state index in [1.807, 2.05) is 25.1 Å². The number of carbonyl (C=O) groups is 1. The number of hydrogen-bond donors (Lipinski definition) is 0. The van der Waals surface area contributed by atoms with E-state index in [2.05, 4.69) is 10.2 Å². The van der Waals surface area contributed by atoms with Crippen LogP contribution in [0.4, 0.5) is 0 Å². The number of rotatable bonds is 8. The summed E-state index contributed by atoms with van der Waals surface area (Å²) in [6, 6.07) is 14.4. The fraction of sp³-hybridized carbons (Fsp3) is 0.150. The maximum Gasteiger partial charge on any atom is 0.281 e. The largest absolute Gasteiger partial charge is 0.544 e. The highest BCUT2D eigenvalue weighted by Gasteiger charge is 2.11. The molecule has 0 aliphatic carbocycles. The van der Waals surface area contributed by atoms with Crippen LogP contribution in [-0.4, -0.2) is 16.2 Å². The Morgan fingerprint density at radius 2 is 1.96 bits per heavy atom. The SMILES string of the molecule is CCc1nnc(S/C(=C/c2ccccc2OCc2ccc(Cl)cc2)C(=O)[O-])o1. The van der Waals surface area contributed by atoms with Crippen LogP contribution in [0.15, 0.2) is 63.1 Å². The van der Waals surface area contributed by atoms with Crippen molar-refractivity contribution in [3.63, 3.8) is 0 Å². The number of carboxylic acids is 1. The number of aryl methyl sites for hydroxylation is 1. The van der Waals surface area contributed by atoms with Gasteiger partial charge in [-0.2, -0.15) is 0 Å². The van der Waals surface area contributed by atoms with E-state index in [-0.39, 0.29) is 10.1 Å². The molecule has 0 spiro atoms. The second-order valence-corrected chi connectivity index (χ2v) is 7.10. The summed E-state index contributed by atoms with van der Waals surface area (Å²) >= 11 is 6.73. The van der Waals surface area contributed by atoms with Gasteiger partial charge in [-0.15, -0.1) is 10.2 Å². The van der Waals surface area contributed by atoms with Gasteiger partial charge in [-0.1, -0.05) is 48.9 Å². The second kappa shape index (κ2) is 9.43. The van der Waals surface area contributed by atoms with E-state index >= 15 is 0 Å². The van der Waals surface area contributed by atoms with Gasteiger partial charge < -0.3 is 19.1 Å².